The normalized spacial score (nSPS) is 19.3. The average molecular weight is 1260 g/mol. The summed E-state index contributed by atoms with van der Waals surface area (Å²) in [4.78, 5) is 120. The van der Waals surface area contributed by atoms with Crippen molar-refractivity contribution in [1.29, 1.82) is 0 Å². The van der Waals surface area contributed by atoms with Crippen molar-refractivity contribution in [3.05, 3.63) is 89.0 Å². The lowest BCUT2D eigenvalue weighted by Crippen LogP contribution is -2.58. The Morgan fingerprint density at radius 3 is 2.26 bits per heavy atom. The lowest BCUT2D eigenvalue weighted by atomic mass is 9.67. The summed E-state index contributed by atoms with van der Waals surface area (Å²) in [5.74, 6) is -1.27. The van der Waals surface area contributed by atoms with E-state index in [1.54, 1.807) is 47.1 Å². The van der Waals surface area contributed by atoms with Crippen LogP contribution in [0.1, 0.15) is 143 Å². The zero-order valence-electron chi connectivity index (χ0n) is 49.8. The van der Waals surface area contributed by atoms with Crippen molar-refractivity contribution in [1.82, 2.24) is 20.4 Å². The number of fused-ring (bicyclic) bond motifs is 5. The topological polar surface area (TPSA) is 337 Å². The quantitative estimate of drug-likeness (QED) is 0.0116. The van der Waals surface area contributed by atoms with E-state index in [2.05, 4.69) is 10.6 Å². The Balaban J connectivity index is 0.00000271. The number of hydrogen-bond donors (Lipinski definition) is 6. The van der Waals surface area contributed by atoms with Crippen molar-refractivity contribution in [2.75, 3.05) is 62.1 Å². The Kier molecular flexibility index (Phi) is 24.6. The number of benzene rings is 4. The molecule has 476 valence electrons. The molecule has 0 spiro atoms. The van der Waals surface area contributed by atoms with E-state index in [4.69, 9.17) is 41.0 Å². The molecule has 4 aromatic carbocycles. The number of nitrogens with zero attached hydrogens (tertiary/aromatic N) is 4. The minimum Gasteiger partial charge on any atom is -0.507 e. The molecule has 3 fully saturated rings. The molecule has 2 unspecified atom stereocenters. The molecule has 23 nitrogen and oxygen atoms in total. The van der Waals surface area contributed by atoms with Crippen LogP contribution >= 0.6 is 20.3 Å². The summed E-state index contributed by atoms with van der Waals surface area (Å²) >= 11 is 6.40. The Hall–Kier alpha value is -7.27. The predicted octanol–water partition coefficient (Wildman–Crippen LogP) is 6.88. The van der Waals surface area contributed by atoms with Gasteiger partial charge in [-0.3, -0.25) is 38.5 Å². The van der Waals surface area contributed by atoms with Gasteiger partial charge >= 0.3 is 14.8 Å². The number of nitrogens with one attached hydrogen (secondary N) is 2. The molecule has 4 aliphatic heterocycles. The fourth-order valence-corrected chi connectivity index (χ4v) is 12.6. The van der Waals surface area contributed by atoms with Gasteiger partial charge in [-0.1, -0.05) is 61.9 Å². The van der Waals surface area contributed by atoms with Gasteiger partial charge in [0.25, 0.3) is 5.91 Å². The second-order valence-corrected chi connectivity index (χ2v) is 23.5. The molecule has 7 amide bonds. The molecule has 5 atom stereocenters. The molecule has 0 bridgehead atoms. The highest BCUT2D eigenvalue weighted by Gasteiger charge is 2.51. The first kappa shape index (κ1) is 68.2. The van der Waals surface area contributed by atoms with Gasteiger partial charge in [0.05, 0.1) is 42.7 Å². The molecule has 2 saturated heterocycles. The van der Waals surface area contributed by atoms with Gasteiger partial charge in [-0.05, 0) is 118 Å². The van der Waals surface area contributed by atoms with Crippen molar-refractivity contribution in [3.63, 3.8) is 0 Å². The fraction of sp³-hybridized carbons (Fsp3) is 0.524. The van der Waals surface area contributed by atoms with E-state index in [1.807, 2.05) is 24.3 Å². The highest BCUT2D eigenvalue weighted by molar-refractivity contribution is 7.16. The second kappa shape index (κ2) is 31.8. The number of likely N-dealkylation sites (tertiary alicyclic amines) is 1. The summed E-state index contributed by atoms with van der Waals surface area (Å²) in [7, 11) is 0.615. The molecular weight excluding hydrogens is 1180 g/mol. The molecule has 88 heavy (non-hydrogen) atoms. The van der Waals surface area contributed by atoms with E-state index in [0.29, 0.717) is 145 Å². The van der Waals surface area contributed by atoms with Gasteiger partial charge in [-0.2, -0.15) is 0 Å². The van der Waals surface area contributed by atoms with Crippen LogP contribution in [0.4, 0.5) is 16.2 Å². The summed E-state index contributed by atoms with van der Waals surface area (Å²) in [6.07, 6.45) is 5.84. The number of alkyl halides is 1. The monoisotopic (exact) mass is 1260 g/mol. The van der Waals surface area contributed by atoms with Crippen LogP contribution in [0, 0.1) is 11.3 Å². The van der Waals surface area contributed by atoms with Crippen LogP contribution in [0.25, 0.3) is 10.8 Å². The van der Waals surface area contributed by atoms with Crippen LogP contribution in [0.2, 0.25) is 0 Å². The molecule has 9 N–H and O–H groups in total. The number of ketones is 1. The number of imide groups is 1. The molecule has 1 aliphatic carbocycles. The number of carbonyl (C=O) groups excluding carboxylic acids is 8. The zero-order valence-corrected chi connectivity index (χ0v) is 51.5. The maximum Gasteiger partial charge on any atom is 0.416 e. The first-order valence-corrected chi connectivity index (χ1v) is 31.4. The van der Waals surface area contributed by atoms with Crippen LogP contribution in [0.3, 0.4) is 0 Å². The maximum atomic E-state index is 14.3. The highest BCUT2D eigenvalue weighted by atomic mass is 35.5. The number of aliphatic hydroxyl groups excluding tert-OH is 1. The van der Waals surface area contributed by atoms with Crippen molar-refractivity contribution in [2.45, 2.75) is 147 Å². The summed E-state index contributed by atoms with van der Waals surface area (Å²) in [6, 6.07) is 17.6. The Morgan fingerprint density at radius 1 is 0.875 bits per heavy atom. The van der Waals surface area contributed by atoms with Gasteiger partial charge < -0.3 is 61.0 Å². The number of nitrogens with two attached hydrogens (primary N) is 1. The van der Waals surface area contributed by atoms with Crippen LogP contribution in [0.15, 0.2) is 66.7 Å². The molecule has 25 heteroatoms. The number of halogens is 1. The van der Waals surface area contributed by atoms with E-state index in [-0.39, 0.29) is 114 Å². The Morgan fingerprint density at radius 2 is 1.59 bits per heavy atom. The number of Topliss-reactive ketones (excluding diaryl/α,β-unsaturated/α-hetero) is 1. The van der Waals surface area contributed by atoms with Crippen LogP contribution in [-0.2, 0) is 51.1 Å². The van der Waals surface area contributed by atoms with E-state index < -0.39 is 44.4 Å². The van der Waals surface area contributed by atoms with Gasteiger partial charge in [0.15, 0.2) is 23.5 Å². The molecular formula is C63H81ClN7O16P. The van der Waals surface area contributed by atoms with Crippen molar-refractivity contribution >= 4 is 89.8 Å². The number of phenolic OH excluding ortho intramolecular Hbond substituents is 1. The summed E-state index contributed by atoms with van der Waals surface area (Å²) in [6.45, 7) is 3.65. The maximum absolute atomic E-state index is 14.3. The minimum absolute atomic E-state index is 0. The number of unbranched alkanes of at least 4 members (excludes halogenated alkanes) is 5. The van der Waals surface area contributed by atoms with Gasteiger partial charge in [0, 0.05) is 80.7 Å². The number of hydrogen-bond acceptors (Lipinski definition) is 15. The SMILES string of the molecule is COc1cc2c(cc1OCCCCCC(=O)N1C[C@@H](CCl)c3c1cc(O)c1ccccc31)N(C(=O)OCc1ccc(CC(=O)[C@H](CCCCN)NC(=O)C3(C(=O)NCCCCCN4C(=O)CC(C)C4=O)CCC3)cc1)C(O)[C@@H]1CCCN1C2=O.O.O=PO. The summed E-state index contributed by atoms with van der Waals surface area (Å²) in [5.41, 5.74) is 7.60. The fourth-order valence-electron chi connectivity index (χ4n) is 12.4. The standard InChI is InChI=1S/C63H78ClN7O13.HO2P.H2O/c1-39-31-55(75)69(57(39)76)28-11-4-10-27-66-60(79)63(24-14-25-63)61(80)67-46(17-8-9-26-65)51(73)32-40-20-22-41(23-21-40)38-84-62(81)71-48-35-53(52(82-2)33-45(48)58(77)68-29-13-18-47(68)59(71)78)83-30-12-3-5-19-54(74)70-37-42(36-64)56-44-16-7-6-15-43(44)50(72)34-49(56)70;1-3-2;/h6-7,15-16,20-23,33-35,39,42,46-47,59,72,78H,3-5,8-14,17-19,24-32,36-38,65H2,1-2H3,(H,66,79)(H,67,80);(H,1,2);1H2/t39?,42-,46+,47+,59?;;/m1../s1. The first-order chi connectivity index (χ1) is 42.0. The number of ether oxygens (including phenoxy) is 3. The summed E-state index contributed by atoms with van der Waals surface area (Å²) in [5, 5.41) is 30.2. The number of carbonyl (C=O) groups is 8. The third-order valence-electron chi connectivity index (χ3n) is 17.4. The van der Waals surface area contributed by atoms with E-state index >= 15 is 0 Å². The number of phenols is 1. The molecule has 1 saturated carbocycles. The van der Waals surface area contributed by atoms with Crippen molar-refractivity contribution in [2.24, 2.45) is 17.1 Å². The molecule has 4 aromatic rings. The summed E-state index contributed by atoms with van der Waals surface area (Å²) < 4.78 is 26.2. The molecule has 5 aliphatic rings. The predicted molar refractivity (Wildman–Crippen MR) is 328 cm³/mol. The molecule has 0 aromatic heterocycles. The number of aromatic hydroxyl groups is 1. The molecule has 9 rings (SSSR count). The minimum atomic E-state index is -1.46. The third-order valence-corrected chi connectivity index (χ3v) is 17.7. The van der Waals surface area contributed by atoms with E-state index in [0.717, 1.165) is 21.2 Å². The largest absolute Gasteiger partial charge is 0.507 e. The lowest BCUT2D eigenvalue weighted by molar-refractivity contribution is -0.151. The molecule has 0 radical (unpaired) electrons. The Labute approximate surface area is 518 Å². The number of methoxy groups -OCH3 is 1. The van der Waals surface area contributed by atoms with E-state index in [1.165, 1.54) is 24.1 Å². The Bertz CT molecular complexity index is 3180. The van der Waals surface area contributed by atoms with Gasteiger partial charge in [0.1, 0.15) is 17.8 Å². The number of amides is 7. The first-order valence-electron chi connectivity index (χ1n) is 30.1. The molecule has 4 heterocycles. The number of anilines is 2. The number of aliphatic hydroxyl groups is 1. The van der Waals surface area contributed by atoms with Gasteiger partial charge in [0.2, 0.25) is 29.5 Å². The average Bonchev–Trinajstić information content (AvgIpc) is 2.16. The van der Waals surface area contributed by atoms with Gasteiger partial charge in [-0.25, -0.2) is 14.3 Å². The van der Waals surface area contributed by atoms with E-state index in [9.17, 15) is 48.6 Å². The van der Waals surface area contributed by atoms with Crippen LogP contribution in [-0.4, -0.2) is 148 Å². The smallest absolute Gasteiger partial charge is 0.416 e. The van der Waals surface area contributed by atoms with Crippen LogP contribution < -0.4 is 35.6 Å². The second-order valence-electron chi connectivity index (χ2n) is 23.0. The third kappa shape index (κ3) is 15.4. The zero-order chi connectivity index (χ0) is 62.4. The van der Waals surface area contributed by atoms with Crippen LogP contribution in [0.5, 0.6) is 17.2 Å². The van der Waals surface area contributed by atoms with Crippen molar-refractivity contribution < 1.29 is 77.7 Å². The highest BCUT2D eigenvalue weighted by Crippen LogP contribution is 2.46. The number of rotatable bonds is 27. The van der Waals surface area contributed by atoms with Gasteiger partial charge in [-0.15, -0.1) is 11.6 Å². The lowest BCUT2D eigenvalue weighted by Gasteiger charge is -2.39. The van der Waals surface area contributed by atoms with Crippen molar-refractivity contribution in [3.8, 4) is 17.2 Å².